The predicted molar refractivity (Wildman–Crippen MR) is 248 cm³/mol. The Kier molecular flexibility index (Phi) is 15.0. The smallest absolute Gasteiger partial charge is 0.420 e. The molecule has 350 valence electrons. The number of nitrogens with zero attached hydrogens (tertiary/aromatic N) is 5. The number of alkyl halides is 3. The third-order valence-electron chi connectivity index (χ3n) is 11.6. The van der Waals surface area contributed by atoms with Gasteiger partial charge in [0.1, 0.15) is 23.7 Å². The zero-order valence-corrected chi connectivity index (χ0v) is 39.0. The predicted octanol–water partition coefficient (Wildman–Crippen LogP) is 7.64. The number of aromatic nitrogens is 4. The van der Waals surface area contributed by atoms with E-state index in [0.717, 1.165) is 28.1 Å². The first kappa shape index (κ1) is 48.0. The highest BCUT2D eigenvalue weighted by atomic mass is 35.5. The number of hydrogen-bond donors (Lipinski definition) is 4. The van der Waals surface area contributed by atoms with Crippen molar-refractivity contribution in [2.45, 2.75) is 78.1 Å². The van der Waals surface area contributed by atoms with Crippen LogP contribution in [0.4, 0.5) is 20.3 Å². The van der Waals surface area contributed by atoms with Crippen molar-refractivity contribution in [1.82, 2.24) is 35.7 Å². The Morgan fingerprint density at radius 3 is 2.45 bits per heavy atom. The van der Waals surface area contributed by atoms with Crippen molar-refractivity contribution in [3.63, 3.8) is 0 Å². The summed E-state index contributed by atoms with van der Waals surface area (Å²) in [5.74, 6) is -0.555. The highest BCUT2D eigenvalue weighted by Crippen LogP contribution is 2.34. The van der Waals surface area contributed by atoms with Gasteiger partial charge >= 0.3 is 5.57 Å². The van der Waals surface area contributed by atoms with Gasteiger partial charge in [0.2, 0.25) is 17.7 Å². The van der Waals surface area contributed by atoms with Crippen molar-refractivity contribution >= 4 is 58.1 Å². The third kappa shape index (κ3) is 12.3. The number of halogens is 3. The first-order chi connectivity index (χ1) is 31.4. The third-order valence-corrected chi connectivity index (χ3v) is 12.7. The fourth-order valence-corrected chi connectivity index (χ4v) is 9.10. The SMILES string of the molecule is Cc1ncsc1-c1ccc(CNC(=O)[C@@H]2C[C@@H](C)CN2C(=O)[C@@H](NC(=O)CCOC[C@H]2CCN(c3ncc(C(=O)Nc4ccc(OC(F)(F)Cl)cc4)cc3-c3ccn[nH]3)C2)C(C)(C)C)cc1. The molecule has 3 aromatic heterocycles. The number of amides is 4. The number of aromatic amines is 1. The lowest BCUT2D eigenvalue weighted by atomic mass is 9.85. The zero-order valence-electron chi connectivity index (χ0n) is 37.4. The molecule has 19 heteroatoms. The summed E-state index contributed by atoms with van der Waals surface area (Å²) in [6.07, 6.45) is 4.46. The van der Waals surface area contributed by atoms with E-state index in [4.69, 9.17) is 16.3 Å². The van der Waals surface area contributed by atoms with Crippen LogP contribution in [0.25, 0.3) is 21.7 Å². The van der Waals surface area contributed by atoms with Gasteiger partial charge in [-0.2, -0.15) is 5.10 Å². The van der Waals surface area contributed by atoms with E-state index in [1.807, 2.05) is 64.4 Å². The van der Waals surface area contributed by atoms with Gasteiger partial charge in [0, 0.05) is 73.8 Å². The van der Waals surface area contributed by atoms with Gasteiger partial charge in [0.05, 0.1) is 40.6 Å². The average Bonchev–Trinajstić information content (AvgIpc) is 4.12. The van der Waals surface area contributed by atoms with Gasteiger partial charge in [-0.05, 0) is 78.6 Å². The van der Waals surface area contributed by atoms with Crippen LogP contribution in [0.5, 0.6) is 5.75 Å². The summed E-state index contributed by atoms with van der Waals surface area (Å²) < 4.78 is 36.4. The molecule has 7 rings (SSSR count). The van der Waals surface area contributed by atoms with E-state index < -0.39 is 29.0 Å². The molecule has 0 saturated carbocycles. The van der Waals surface area contributed by atoms with E-state index in [1.165, 1.54) is 30.5 Å². The van der Waals surface area contributed by atoms with Crippen molar-refractivity contribution in [1.29, 1.82) is 0 Å². The Labute approximate surface area is 391 Å². The second-order valence-corrected chi connectivity index (χ2v) is 19.2. The van der Waals surface area contributed by atoms with Gasteiger partial charge in [-0.15, -0.1) is 20.1 Å². The summed E-state index contributed by atoms with van der Waals surface area (Å²) in [6, 6.07) is 15.4. The summed E-state index contributed by atoms with van der Waals surface area (Å²) in [4.78, 5) is 68.3. The molecule has 5 aromatic rings. The number of thiazole rings is 1. The monoisotopic (exact) mass is 945 g/mol. The first-order valence-corrected chi connectivity index (χ1v) is 23.0. The van der Waals surface area contributed by atoms with Crippen molar-refractivity contribution < 1.29 is 37.4 Å². The molecule has 0 radical (unpaired) electrons. The molecule has 2 aromatic carbocycles. The molecule has 0 unspecified atom stereocenters. The molecule has 2 aliphatic heterocycles. The lowest BCUT2D eigenvalue weighted by molar-refractivity contribution is -0.144. The minimum absolute atomic E-state index is 0.0499. The van der Waals surface area contributed by atoms with E-state index in [2.05, 4.69) is 45.8 Å². The molecule has 4 N–H and O–H groups in total. The molecule has 66 heavy (non-hydrogen) atoms. The number of nitrogens with one attached hydrogen (secondary N) is 4. The summed E-state index contributed by atoms with van der Waals surface area (Å²) in [5.41, 5.74) is 2.26. The highest BCUT2D eigenvalue weighted by Gasteiger charge is 2.44. The van der Waals surface area contributed by atoms with Crippen LogP contribution in [0.3, 0.4) is 0 Å². The lowest BCUT2D eigenvalue weighted by Crippen LogP contribution is -2.57. The number of rotatable bonds is 17. The number of benzene rings is 2. The van der Waals surface area contributed by atoms with Crippen LogP contribution in [0.2, 0.25) is 0 Å². The fraction of sp³-hybridized carbons (Fsp3) is 0.426. The summed E-state index contributed by atoms with van der Waals surface area (Å²) in [6.45, 7) is 12.3. The number of ether oxygens (including phenoxy) is 2. The molecular formula is C47H54ClF2N9O6S. The largest absolute Gasteiger partial charge is 0.487 e. The molecule has 0 bridgehead atoms. The second-order valence-electron chi connectivity index (χ2n) is 17.9. The number of pyridine rings is 1. The number of carbonyl (C=O) groups is 4. The maximum Gasteiger partial charge on any atom is 0.487 e. The minimum atomic E-state index is -3.86. The Morgan fingerprint density at radius 1 is 1.03 bits per heavy atom. The molecule has 2 saturated heterocycles. The Balaban J connectivity index is 0.890. The molecule has 4 amide bonds. The topological polar surface area (TPSA) is 184 Å². The zero-order chi connectivity index (χ0) is 47.2. The van der Waals surface area contributed by atoms with Crippen LogP contribution < -0.4 is 25.6 Å². The molecule has 2 aliphatic rings. The lowest BCUT2D eigenvalue weighted by Gasteiger charge is -2.35. The standard InChI is InChI=1S/C47H54ClF2N9O6S/c1-28-20-38(44(62)52-22-30-6-8-32(9-7-30)40-29(2)53-27-66-40)59(24-28)45(63)41(46(3,4)5)56-39(60)16-19-64-26-31-15-18-58(25-31)42-36(37-14-17-54-57-37)21-33(23-51-42)43(61)55-34-10-12-35(13-11-34)65-47(48,49)50/h6-14,17,21,23,27-28,31,38,41H,15-16,18-20,22,24-26H2,1-5H3,(H,52,62)(H,54,57)(H,55,61)(H,56,60)/t28-,31+,38+,41-/m1/s1. The second kappa shape index (κ2) is 20.7. The Bertz CT molecular complexity index is 2480. The van der Waals surface area contributed by atoms with E-state index in [9.17, 15) is 28.0 Å². The van der Waals surface area contributed by atoms with Crippen LogP contribution in [-0.2, 0) is 25.7 Å². The average molecular weight is 947 g/mol. The van der Waals surface area contributed by atoms with Crippen LogP contribution >= 0.6 is 22.9 Å². The number of anilines is 2. The molecule has 5 heterocycles. The van der Waals surface area contributed by atoms with Crippen LogP contribution in [0.1, 0.15) is 68.6 Å². The number of H-pyrrole nitrogens is 1. The highest BCUT2D eigenvalue weighted by molar-refractivity contribution is 7.13. The van der Waals surface area contributed by atoms with Crippen LogP contribution in [-0.4, -0.2) is 99.2 Å². The number of aryl methyl sites for hydroxylation is 1. The van der Waals surface area contributed by atoms with Gasteiger partial charge in [-0.25, -0.2) is 9.97 Å². The summed E-state index contributed by atoms with van der Waals surface area (Å²) in [5, 5.41) is 15.8. The first-order valence-electron chi connectivity index (χ1n) is 21.8. The van der Waals surface area contributed by atoms with Crippen molar-refractivity contribution in [3.05, 3.63) is 95.4 Å². The van der Waals surface area contributed by atoms with Crippen LogP contribution in [0, 0.1) is 24.2 Å². The van der Waals surface area contributed by atoms with E-state index in [1.54, 1.807) is 34.6 Å². The molecule has 15 nitrogen and oxygen atoms in total. The Hall–Kier alpha value is -5.98. The van der Waals surface area contributed by atoms with E-state index in [0.29, 0.717) is 62.0 Å². The van der Waals surface area contributed by atoms with Crippen molar-refractivity contribution in [2.75, 3.05) is 43.1 Å². The Morgan fingerprint density at radius 2 is 1.79 bits per heavy atom. The van der Waals surface area contributed by atoms with Gasteiger partial charge in [0.15, 0.2) is 0 Å². The molecule has 0 aliphatic carbocycles. The maximum absolute atomic E-state index is 14.2. The molecule has 4 atom stereocenters. The summed E-state index contributed by atoms with van der Waals surface area (Å²) >= 11 is 6.43. The molecular weight excluding hydrogens is 892 g/mol. The van der Waals surface area contributed by atoms with Gasteiger partial charge in [-0.1, -0.05) is 52.0 Å². The van der Waals surface area contributed by atoms with Gasteiger partial charge < -0.3 is 35.2 Å². The normalized spacial score (nSPS) is 18.0. The summed E-state index contributed by atoms with van der Waals surface area (Å²) in [7, 11) is 0. The number of hydrogen-bond acceptors (Lipinski definition) is 11. The molecule has 2 fully saturated rings. The van der Waals surface area contributed by atoms with E-state index in [-0.39, 0.29) is 53.9 Å². The van der Waals surface area contributed by atoms with Crippen molar-refractivity contribution in [3.8, 4) is 27.4 Å². The maximum atomic E-state index is 14.2. The quantitative estimate of drug-likeness (QED) is 0.0534. The van der Waals surface area contributed by atoms with E-state index >= 15 is 0 Å². The van der Waals surface area contributed by atoms with Gasteiger partial charge in [-0.3, -0.25) is 24.3 Å². The number of likely N-dealkylation sites (tertiary alicyclic amines) is 1. The van der Waals surface area contributed by atoms with Crippen molar-refractivity contribution in [2.24, 2.45) is 17.3 Å². The van der Waals surface area contributed by atoms with Gasteiger partial charge in [0.25, 0.3) is 5.91 Å². The minimum Gasteiger partial charge on any atom is -0.420 e. The number of carbonyl (C=O) groups excluding carboxylic acids is 4. The van der Waals surface area contributed by atoms with Crippen LogP contribution in [0.15, 0.2) is 78.6 Å². The fourth-order valence-electron chi connectivity index (χ4n) is 8.20. The molecule has 0 spiro atoms.